The van der Waals surface area contributed by atoms with E-state index in [1.807, 2.05) is 0 Å². The maximum absolute atomic E-state index is 12.2. The standard InChI is InChI=1S/C13H23N3O2/c1-16-4-5-18-10(8-16)6-15-12(17)11-7-14-9-13(11)2-3-13/h10-11,14H,2-9H2,1H3,(H,15,17). The second kappa shape index (κ2) is 4.79. The van der Waals surface area contributed by atoms with E-state index in [4.69, 9.17) is 4.74 Å². The normalized spacial score (nSPS) is 34.7. The molecular formula is C13H23N3O2. The second-order valence-corrected chi connectivity index (χ2v) is 6.05. The van der Waals surface area contributed by atoms with Crippen molar-refractivity contribution in [3.05, 3.63) is 0 Å². The molecule has 3 aliphatic rings. The largest absolute Gasteiger partial charge is 0.374 e. The van der Waals surface area contributed by atoms with Crippen molar-refractivity contribution in [1.82, 2.24) is 15.5 Å². The van der Waals surface area contributed by atoms with Crippen molar-refractivity contribution in [3.63, 3.8) is 0 Å². The lowest BCUT2D eigenvalue weighted by Crippen LogP contribution is -2.47. The Labute approximate surface area is 108 Å². The molecule has 102 valence electrons. The van der Waals surface area contributed by atoms with E-state index in [2.05, 4.69) is 22.6 Å². The zero-order valence-electron chi connectivity index (χ0n) is 11.1. The Morgan fingerprint density at radius 3 is 3.11 bits per heavy atom. The number of ether oxygens (including phenoxy) is 1. The van der Waals surface area contributed by atoms with Gasteiger partial charge in [0, 0.05) is 32.7 Å². The molecule has 1 aliphatic carbocycles. The Morgan fingerprint density at radius 2 is 2.39 bits per heavy atom. The van der Waals surface area contributed by atoms with Gasteiger partial charge >= 0.3 is 0 Å². The first-order chi connectivity index (χ1) is 8.70. The molecule has 2 atom stereocenters. The topological polar surface area (TPSA) is 53.6 Å². The Bertz CT molecular complexity index is 330. The van der Waals surface area contributed by atoms with Crippen LogP contribution < -0.4 is 10.6 Å². The van der Waals surface area contributed by atoms with Gasteiger partial charge in [0.05, 0.1) is 18.6 Å². The monoisotopic (exact) mass is 253 g/mol. The van der Waals surface area contributed by atoms with Crippen molar-refractivity contribution in [2.24, 2.45) is 11.3 Å². The SMILES string of the molecule is CN1CCOC(CNC(=O)C2CNCC23CC3)C1. The molecule has 1 saturated carbocycles. The minimum atomic E-state index is 0.150. The predicted molar refractivity (Wildman–Crippen MR) is 68.3 cm³/mol. The van der Waals surface area contributed by atoms with Crippen LogP contribution >= 0.6 is 0 Å². The number of hydrogen-bond donors (Lipinski definition) is 2. The summed E-state index contributed by atoms with van der Waals surface area (Å²) in [6, 6.07) is 0. The van der Waals surface area contributed by atoms with E-state index in [1.54, 1.807) is 0 Å². The number of nitrogens with zero attached hydrogens (tertiary/aromatic N) is 1. The maximum Gasteiger partial charge on any atom is 0.225 e. The zero-order valence-corrected chi connectivity index (χ0v) is 11.1. The number of nitrogens with one attached hydrogen (secondary N) is 2. The summed E-state index contributed by atoms with van der Waals surface area (Å²) >= 11 is 0. The molecule has 3 fully saturated rings. The number of amides is 1. The molecule has 1 amide bonds. The van der Waals surface area contributed by atoms with E-state index in [1.165, 1.54) is 12.8 Å². The number of rotatable bonds is 3. The minimum absolute atomic E-state index is 0.150. The van der Waals surface area contributed by atoms with Crippen molar-refractivity contribution in [2.45, 2.75) is 18.9 Å². The number of carbonyl (C=O) groups is 1. The van der Waals surface area contributed by atoms with E-state index in [0.29, 0.717) is 12.0 Å². The van der Waals surface area contributed by atoms with Gasteiger partial charge in [-0.2, -0.15) is 0 Å². The molecule has 2 N–H and O–H groups in total. The van der Waals surface area contributed by atoms with Crippen molar-refractivity contribution >= 4 is 5.91 Å². The van der Waals surface area contributed by atoms with E-state index >= 15 is 0 Å². The molecule has 0 aromatic rings. The number of morpholine rings is 1. The van der Waals surface area contributed by atoms with Gasteiger partial charge in [0.2, 0.25) is 5.91 Å². The fraction of sp³-hybridized carbons (Fsp3) is 0.923. The first-order valence-corrected chi connectivity index (χ1v) is 6.98. The van der Waals surface area contributed by atoms with Gasteiger partial charge < -0.3 is 20.3 Å². The summed E-state index contributed by atoms with van der Waals surface area (Å²) in [4.78, 5) is 14.5. The van der Waals surface area contributed by atoms with E-state index in [-0.39, 0.29) is 17.9 Å². The smallest absolute Gasteiger partial charge is 0.225 e. The molecule has 5 heteroatoms. The van der Waals surface area contributed by atoms with Crippen LogP contribution in [0, 0.1) is 11.3 Å². The molecule has 0 radical (unpaired) electrons. The van der Waals surface area contributed by atoms with Crippen LogP contribution in [-0.4, -0.2) is 63.3 Å². The van der Waals surface area contributed by atoms with Crippen LogP contribution in [0.5, 0.6) is 0 Å². The Balaban J connectivity index is 1.46. The molecule has 0 aromatic heterocycles. The van der Waals surface area contributed by atoms with Gasteiger partial charge in [-0.3, -0.25) is 4.79 Å². The van der Waals surface area contributed by atoms with Gasteiger partial charge in [0.25, 0.3) is 0 Å². The molecular weight excluding hydrogens is 230 g/mol. The van der Waals surface area contributed by atoms with Crippen molar-refractivity contribution in [2.75, 3.05) is 46.4 Å². The Hall–Kier alpha value is -0.650. The lowest BCUT2D eigenvalue weighted by Gasteiger charge is -2.30. The third kappa shape index (κ3) is 2.39. The summed E-state index contributed by atoms with van der Waals surface area (Å²) in [5.41, 5.74) is 0.300. The highest BCUT2D eigenvalue weighted by Crippen LogP contribution is 2.53. The third-order valence-corrected chi connectivity index (χ3v) is 4.62. The van der Waals surface area contributed by atoms with Crippen LogP contribution in [0.2, 0.25) is 0 Å². The predicted octanol–water partition coefficient (Wildman–Crippen LogP) is -0.567. The lowest BCUT2D eigenvalue weighted by molar-refractivity contribution is -0.127. The fourth-order valence-corrected chi connectivity index (χ4v) is 3.19. The van der Waals surface area contributed by atoms with Gasteiger partial charge in [-0.1, -0.05) is 0 Å². The second-order valence-electron chi connectivity index (χ2n) is 6.05. The minimum Gasteiger partial charge on any atom is -0.374 e. The molecule has 18 heavy (non-hydrogen) atoms. The van der Waals surface area contributed by atoms with Gasteiger partial charge in [-0.25, -0.2) is 0 Å². The maximum atomic E-state index is 12.2. The van der Waals surface area contributed by atoms with E-state index < -0.39 is 0 Å². The van der Waals surface area contributed by atoms with Crippen molar-refractivity contribution in [3.8, 4) is 0 Å². The molecule has 3 rings (SSSR count). The highest BCUT2D eigenvalue weighted by Gasteiger charge is 2.54. The van der Waals surface area contributed by atoms with Crippen LogP contribution in [-0.2, 0) is 9.53 Å². The summed E-state index contributed by atoms with van der Waals surface area (Å²) in [7, 11) is 2.09. The van der Waals surface area contributed by atoms with Crippen LogP contribution in [0.15, 0.2) is 0 Å². The molecule has 2 aliphatic heterocycles. The van der Waals surface area contributed by atoms with Crippen LogP contribution in [0.25, 0.3) is 0 Å². The van der Waals surface area contributed by atoms with Gasteiger partial charge in [-0.05, 0) is 25.3 Å². The summed E-state index contributed by atoms with van der Waals surface area (Å²) in [5, 5.41) is 6.43. The van der Waals surface area contributed by atoms with Gasteiger partial charge in [0.1, 0.15) is 0 Å². The van der Waals surface area contributed by atoms with E-state index in [0.717, 1.165) is 32.8 Å². The summed E-state index contributed by atoms with van der Waals surface area (Å²) in [5.74, 6) is 0.396. The highest BCUT2D eigenvalue weighted by atomic mass is 16.5. The number of hydrogen-bond acceptors (Lipinski definition) is 4. The fourth-order valence-electron chi connectivity index (χ4n) is 3.19. The average molecular weight is 253 g/mol. The highest BCUT2D eigenvalue weighted by molar-refractivity contribution is 5.80. The Morgan fingerprint density at radius 1 is 1.56 bits per heavy atom. The quantitative estimate of drug-likeness (QED) is 0.707. The summed E-state index contributed by atoms with van der Waals surface area (Å²) < 4.78 is 5.66. The number of likely N-dealkylation sites (N-methyl/N-ethyl adjacent to an activating group) is 1. The molecule has 2 saturated heterocycles. The summed E-state index contributed by atoms with van der Waals surface area (Å²) in [6.07, 6.45) is 2.57. The third-order valence-electron chi connectivity index (χ3n) is 4.62. The summed E-state index contributed by atoms with van der Waals surface area (Å²) in [6.45, 7) is 5.18. The zero-order chi connectivity index (χ0) is 12.6. The van der Waals surface area contributed by atoms with Crippen molar-refractivity contribution in [1.29, 1.82) is 0 Å². The molecule has 0 aromatic carbocycles. The number of carbonyl (C=O) groups excluding carboxylic acids is 1. The van der Waals surface area contributed by atoms with Crippen LogP contribution in [0.4, 0.5) is 0 Å². The van der Waals surface area contributed by atoms with Crippen LogP contribution in [0.3, 0.4) is 0 Å². The first kappa shape index (κ1) is 12.4. The molecule has 2 unspecified atom stereocenters. The van der Waals surface area contributed by atoms with E-state index in [9.17, 15) is 4.79 Å². The molecule has 2 heterocycles. The molecule has 5 nitrogen and oxygen atoms in total. The van der Waals surface area contributed by atoms with Gasteiger partial charge in [0.15, 0.2) is 0 Å². The Kier molecular flexibility index (Phi) is 3.30. The van der Waals surface area contributed by atoms with Crippen molar-refractivity contribution < 1.29 is 9.53 Å². The molecule has 1 spiro atoms. The average Bonchev–Trinajstić information content (AvgIpc) is 2.99. The lowest BCUT2D eigenvalue weighted by atomic mass is 9.92. The van der Waals surface area contributed by atoms with Gasteiger partial charge in [-0.15, -0.1) is 0 Å². The molecule has 0 bridgehead atoms. The van der Waals surface area contributed by atoms with Crippen LogP contribution in [0.1, 0.15) is 12.8 Å². The first-order valence-electron chi connectivity index (χ1n) is 6.98.